The van der Waals surface area contributed by atoms with E-state index in [-0.39, 0.29) is 0 Å². The van der Waals surface area contributed by atoms with Gasteiger partial charge in [0.2, 0.25) is 0 Å². The average Bonchev–Trinajstić information content (AvgIpc) is 0.701. The number of benzene rings is 16. The fraction of sp³-hybridized carbons (Fsp3) is 0.101. The summed E-state index contributed by atoms with van der Waals surface area (Å²) in [5, 5.41) is 22.0. The van der Waals surface area contributed by atoms with Crippen molar-refractivity contribution >= 4 is 115 Å². The third kappa shape index (κ3) is 9.67. The second-order valence-corrected chi connectivity index (χ2v) is 43.9. The minimum absolute atomic E-state index is 1.22. The van der Waals surface area contributed by atoms with Crippen molar-refractivity contribution in [1.82, 2.24) is 0 Å². The third-order valence-electron chi connectivity index (χ3n) is 20.0. The van der Waals surface area contributed by atoms with Gasteiger partial charge in [-0.05, 0) is 177 Å². The Morgan fingerprint density at radius 3 is 0.576 bits per heavy atom. The highest BCUT2D eigenvalue weighted by atomic mass is 28.3. The zero-order valence-electron chi connectivity index (χ0n) is 54.1. The van der Waals surface area contributed by atoms with Crippen molar-refractivity contribution in [3.05, 3.63) is 285 Å². The van der Waals surface area contributed by atoms with Gasteiger partial charge in [-0.3, -0.25) is 0 Å². The summed E-state index contributed by atoms with van der Waals surface area (Å²) in [6, 6.07) is 110. The Kier molecular flexibility index (Phi) is 13.7. The highest BCUT2D eigenvalue weighted by Gasteiger charge is 2.26. The van der Waals surface area contributed by atoms with Crippen molar-refractivity contribution < 1.29 is 0 Å². The van der Waals surface area contributed by atoms with E-state index >= 15 is 0 Å². The summed E-state index contributed by atoms with van der Waals surface area (Å²) in [7, 11) is -4.51. The van der Waals surface area contributed by atoms with Gasteiger partial charge in [0.25, 0.3) is 0 Å². The summed E-state index contributed by atoms with van der Waals surface area (Å²) in [6.45, 7) is 21.9. The number of rotatable bonds is 11. The molecule has 0 bridgehead atoms. The molecule has 16 aromatic carbocycles. The van der Waals surface area contributed by atoms with Gasteiger partial charge in [-0.1, -0.05) is 347 Å². The predicted molar refractivity (Wildman–Crippen MR) is 413 cm³/mol. The van der Waals surface area contributed by atoms with Crippen molar-refractivity contribution in [2.45, 2.75) is 58.9 Å². The maximum Gasteiger partial charge on any atom is 0.0775 e. The lowest BCUT2D eigenvalue weighted by molar-refractivity contribution is 1.62. The molecule has 0 aliphatic carbocycles. The van der Waals surface area contributed by atoms with E-state index in [1.807, 2.05) is 0 Å². The van der Waals surface area contributed by atoms with Crippen molar-refractivity contribution in [3.8, 4) is 89.0 Å². The summed E-state index contributed by atoms with van der Waals surface area (Å²) < 4.78 is 0. The molecule has 0 N–H and O–H groups in total. The van der Waals surface area contributed by atoms with Crippen LogP contribution in [0.1, 0.15) is 0 Å². The Bertz CT molecular complexity index is 5420. The maximum atomic E-state index is 2.55. The topological polar surface area (TPSA) is 0 Å². The first-order chi connectivity index (χ1) is 44.5. The SMILES string of the molecule is C[Si](C)(C)c1ccc(-c2ccc(-c3cc(-c4ccc(-c5ccccc5)c5ccccc45)c4ccc5c(-c6ccc(-c7ccc([Si](C)(C)C)cc7)c7ccccc67)cc(-c6ccc(-c7ccc([Si](C)(C)C)cc7)c7ccccc67)c6ccc3c4c56)c3ccccc23)cc1. The molecule has 0 radical (unpaired) electrons. The Labute approximate surface area is 544 Å². The lowest BCUT2D eigenvalue weighted by Gasteiger charge is -2.24. The van der Waals surface area contributed by atoms with E-state index < -0.39 is 24.2 Å². The van der Waals surface area contributed by atoms with Crippen LogP contribution in [-0.4, -0.2) is 24.2 Å². The molecule has 0 atom stereocenters. The van der Waals surface area contributed by atoms with Crippen molar-refractivity contribution in [2.75, 3.05) is 0 Å². The predicted octanol–water partition coefficient (Wildman–Crippen LogP) is 24.2. The van der Waals surface area contributed by atoms with Crippen molar-refractivity contribution in [1.29, 1.82) is 0 Å². The van der Waals surface area contributed by atoms with Gasteiger partial charge < -0.3 is 0 Å². The molecule has 0 aromatic heterocycles. The molecule has 0 heterocycles. The van der Waals surface area contributed by atoms with E-state index in [4.69, 9.17) is 0 Å². The molecular formula is C89H74Si3. The number of hydrogen-bond donors (Lipinski definition) is 0. The minimum atomic E-state index is -1.50. The molecule has 0 fully saturated rings. The fourth-order valence-corrected chi connectivity index (χ4v) is 18.6. The van der Waals surface area contributed by atoms with Gasteiger partial charge in [0.15, 0.2) is 0 Å². The largest absolute Gasteiger partial charge is 0.0775 e. The average molecular weight is 1230 g/mol. The smallest absolute Gasteiger partial charge is 0.0656 e. The van der Waals surface area contributed by atoms with Crippen LogP contribution in [0.3, 0.4) is 0 Å². The van der Waals surface area contributed by atoms with Crippen LogP contribution in [0.5, 0.6) is 0 Å². The molecule has 16 aromatic rings. The monoisotopic (exact) mass is 1230 g/mol. The molecule has 0 aliphatic heterocycles. The van der Waals surface area contributed by atoms with Crippen LogP contribution in [0.4, 0.5) is 0 Å². The summed E-state index contributed by atoms with van der Waals surface area (Å²) in [5.41, 5.74) is 19.8. The van der Waals surface area contributed by atoms with E-state index in [0.29, 0.717) is 0 Å². The molecule has 0 spiro atoms. The van der Waals surface area contributed by atoms with Crippen LogP contribution in [0.2, 0.25) is 58.9 Å². The zero-order valence-corrected chi connectivity index (χ0v) is 57.1. The second-order valence-electron chi connectivity index (χ2n) is 28.7. The summed E-state index contributed by atoms with van der Waals surface area (Å²) in [4.78, 5) is 0. The molecule has 0 nitrogen and oxygen atoms in total. The molecule has 0 amide bonds. The number of fused-ring (bicyclic) bond motifs is 4. The standard InChI is InChI=1S/C89H74Si3/c1-90(2,3)61-37-31-58(32-38-61)65-44-48-77(73-28-18-14-24-69(65)73)85-55-84(76-47-43-64(57-21-11-10-12-22-57)68-23-13-17-27-72(68)76)80-51-52-82-86(78-49-45-66(70-25-15-19-29-74(70)78)59-33-39-62(40-34-59)91(4,5)6)56-87(83-54-53-81(85)88(80)89(82)83)79-50-46-67(71-26-16-20-30-75(71)79)60-35-41-63(42-36-60)92(7,8)9/h10-56H,1-9H3. The van der Waals surface area contributed by atoms with Crippen molar-refractivity contribution in [2.24, 2.45) is 0 Å². The van der Waals surface area contributed by atoms with Crippen LogP contribution in [-0.2, 0) is 0 Å². The third-order valence-corrected chi connectivity index (χ3v) is 26.2. The Hall–Kier alpha value is -9.75. The van der Waals surface area contributed by atoms with Gasteiger partial charge in [0.05, 0.1) is 24.2 Å². The second kappa shape index (κ2) is 22.0. The van der Waals surface area contributed by atoms with Crippen molar-refractivity contribution in [3.63, 3.8) is 0 Å². The van der Waals surface area contributed by atoms with Crippen LogP contribution in [0.15, 0.2) is 285 Å². The van der Waals surface area contributed by atoms with Crippen LogP contribution < -0.4 is 15.6 Å². The molecule has 0 aliphatic rings. The highest BCUT2D eigenvalue weighted by Crippen LogP contribution is 2.53. The lowest BCUT2D eigenvalue weighted by atomic mass is 9.79. The molecule has 16 rings (SSSR count). The zero-order chi connectivity index (χ0) is 62.8. The van der Waals surface area contributed by atoms with E-state index in [9.17, 15) is 0 Å². The number of hydrogen-bond acceptors (Lipinski definition) is 0. The van der Waals surface area contributed by atoms with Gasteiger partial charge in [0, 0.05) is 0 Å². The molecule has 0 unspecified atom stereocenters. The summed E-state index contributed by atoms with van der Waals surface area (Å²) >= 11 is 0. The van der Waals surface area contributed by atoms with Gasteiger partial charge in [-0.15, -0.1) is 0 Å². The van der Waals surface area contributed by atoms with E-state index in [0.717, 1.165) is 0 Å². The normalized spacial score (nSPS) is 12.4. The molecule has 442 valence electrons. The molecule has 92 heavy (non-hydrogen) atoms. The molecular weight excluding hydrogens is 1150 g/mol. The molecule has 0 saturated heterocycles. The highest BCUT2D eigenvalue weighted by molar-refractivity contribution is 6.89. The first kappa shape index (κ1) is 57.4. The molecule has 3 heteroatoms. The van der Waals surface area contributed by atoms with Crippen LogP contribution in [0.25, 0.3) is 164 Å². The van der Waals surface area contributed by atoms with E-state index in [1.54, 1.807) is 0 Å². The lowest BCUT2D eigenvalue weighted by Crippen LogP contribution is -2.37. The Morgan fingerprint density at radius 1 is 0.152 bits per heavy atom. The van der Waals surface area contributed by atoms with Crippen LogP contribution >= 0.6 is 0 Å². The Balaban J connectivity index is 1.02. The van der Waals surface area contributed by atoms with E-state index in [2.05, 4.69) is 344 Å². The van der Waals surface area contributed by atoms with Gasteiger partial charge in [-0.2, -0.15) is 0 Å². The van der Waals surface area contributed by atoms with Gasteiger partial charge in [0.1, 0.15) is 0 Å². The minimum Gasteiger partial charge on any atom is -0.0656 e. The van der Waals surface area contributed by atoms with Gasteiger partial charge in [-0.25, -0.2) is 0 Å². The van der Waals surface area contributed by atoms with Gasteiger partial charge >= 0.3 is 0 Å². The first-order valence-electron chi connectivity index (χ1n) is 32.8. The quantitative estimate of drug-likeness (QED) is 0.0894. The summed E-state index contributed by atoms with van der Waals surface area (Å²) in [5.74, 6) is 0. The van der Waals surface area contributed by atoms with E-state index in [1.165, 1.54) is 180 Å². The summed E-state index contributed by atoms with van der Waals surface area (Å²) in [6.07, 6.45) is 0. The maximum absolute atomic E-state index is 2.55. The molecule has 0 saturated carbocycles. The Morgan fingerprint density at radius 2 is 0.348 bits per heavy atom. The fourth-order valence-electron chi connectivity index (χ4n) is 15.1. The van der Waals surface area contributed by atoms with Crippen LogP contribution in [0, 0.1) is 0 Å². The first-order valence-corrected chi connectivity index (χ1v) is 43.3.